The van der Waals surface area contributed by atoms with E-state index in [1.807, 2.05) is 7.05 Å². The third-order valence-electron chi connectivity index (χ3n) is 3.94. The van der Waals surface area contributed by atoms with Gasteiger partial charge < -0.3 is 9.84 Å². The molecule has 0 radical (unpaired) electrons. The van der Waals surface area contributed by atoms with Crippen molar-refractivity contribution in [2.75, 3.05) is 7.05 Å². The lowest BCUT2D eigenvalue weighted by Gasteiger charge is -2.20. The predicted octanol–water partition coefficient (Wildman–Crippen LogP) is 2.16. The van der Waals surface area contributed by atoms with E-state index in [1.54, 1.807) is 18.6 Å². The molecule has 6 nitrogen and oxygen atoms in total. The number of likely N-dealkylation sites (N-methyl/N-ethyl adjacent to an activating group) is 1. The van der Waals surface area contributed by atoms with E-state index in [2.05, 4.69) is 25.4 Å². The zero-order chi connectivity index (χ0) is 13.8. The van der Waals surface area contributed by atoms with E-state index in [0.717, 1.165) is 12.8 Å². The highest BCUT2D eigenvalue weighted by molar-refractivity contribution is 5.45. The van der Waals surface area contributed by atoms with Gasteiger partial charge in [0.1, 0.15) is 5.69 Å². The van der Waals surface area contributed by atoms with Gasteiger partial charge in [-0.25, -0.2) is 4.98 Å². The summed E-state index contributed by atoms with van der Waals surface area (Å²) in [6, 6.07) is 0.410. The monoisotopic (exact) mass is 273 g/mol. The quantitative estimate of drug-likeness (QED) is 0.864. The van der Waals surface area contributed by atoms with Crippen LogP contribution in [0.3, 0.4) is 0 Å². The van der Waals surface area contributed by atoms with Gasteiger partial charge in [-0.05, 0) is 19.9 Å². The lowest BCUT2D eigenvalue weighted by atomic mass is 9.95. The molecule has 0 aliphatic heterocycles. The second-order valence-electron chi connectivity index (χ2n) is 5.19. The van der Waals surface area contributed by atoms with Crippen LogP contribution in [0.2, 0.25) is 0 Å². The molecule has 20 heavy (non-hydrogen) atoms. The average molecular weight is 273 g/mol. The van der Waals surface area contributed by atoms with Crippen LogP contribution in [-0.4, -0.2) is 33.2 Å². The first-order valence-electron chi connectivity index (χ1n) is 7.15. The van der Waals surface area contributed by atoms with Crippen LogP contribution >= 0.6 is 0 Å². The Kier molecular flexibility index (Phi) is 4.01. The number of rotatable bonds is 3. The molecule has 3 rings (SSSR count). The maximum atomic E-state index is 5.48. The lowest BCUT2D eigenvalue weighted by molar-refractivity contribution is 0.311. The summed E-state index contributed by atoms with van der Waals surface area (Å²) in [5, 5.41) is 7.43. The van der Waals surface area contributed by atoms with Crippen LogP contribution in [0, 0.1) is 0 Å². The first-order valence-corrected chi connectivity index (χ1v) is 7.15. The van der Waals surface area contributed by atoms with E-state index in [9.17, 15) is 0 Å². The Morgan fingerprint density at radius 2 is 2.10 bits per heavy atom. The Hall–Kier alpha value is -1.82. The molecule has 0 amide bonds. The Morgan fingerprint density at radius 1 is 1.20 bits per heavy atom. The largest absolute Gasteiger partial charge is 0.339 e. The topological polar surface area (TPSA) is 76.7 Å². The normalized spacial score (nSPS) is 23.4. The minimum Gasteiger partial charge on any atom is -0.339 e. The minimum atomic E-state index is 0.292. The molecule has 0 saturated heterocycles. The van der Waals surface area contributed by atoms with Gasteiger partial charge >= 0.3 is 0 Å². The molecule has 0 aromatic carbocycles. The summed E-state index contributed by atoms with van der Waals surface area (Å²) in [6.45, 7) is 0. The van der Waals surface area contributed by atoms with Gasteiger partial charge in [-0.15, -0.1) is 0 Å². The van der Waals surface area contributed by atoms with E-state index in [4.69, 9.17) is 4.52 Å². The highest BCUT2D eigenvalue weighted by Crippen LogP contribution is 2.31. The van der Waals surface area contributed by atoms with Gasteiger partial charge in [0, 0.05) is 18.4 Å². The van der Waals surface area contributed by atoms with Crippen LogP contribution in [0.1, 0.15) is 43.9 Å². The van der Waals surface area contributed by atoms with Crippen molar-refractivity contribution in [3.05, 3.63) is 24.5 Å². The van der Waals surface area contributed by atoms with Crippen LogP contribution in [-0.2, 0) is 0 Å². The Labute approximate surface area is 118 Å². The molecule has 2 unspecified atom stereocenters. The third kappa shape index (κ3) is 2.70. The fourth-order valence-corrected chi connectivity index (χ4v) is 2.85. The predicted molar refractivity (Wildman–Crippen MR) is 74.0 cm³/mol. The SMILES string of the molecule is CNC1CCCCCC1c1nc(-c2cnccn2)no1. The van der Waals surface area contributed by atoms with Gasteiger partial charge in [0.2, 0.25) is 11.7 Å². The molecule has 2 heterocycles. The first kappa shape index (κ1) is 13.2. The number of aromatic nitrogens is 4. The molecule has 6 heteroatoms. The van der Waals surface area contributed by atoms with Crippen LogP contribution in [0.5, 0.6) is 0 Å². The molecule has 0 spiro atoms. The highest BCUT2D eigenvalue weighted by atomic mass is 16.5. The van der Waals surface area contributed by atoms with Crippen molar-refractivity contribution in [3.63, 3.8) is 0 Å². The summed E-state index contributed by atoms with van der Waals surface area (Å²) >= 11 is 0. The van der Waals surface area contributed by atoms with Crippen LogP contribution < -0.4 is 5.32 Å². The summed E-state index contributed by atoms with van der Waals surface area (Å²) in [6.07, 6.45) is 10.9. The van der Waals surface area contributed by atoms with Crippen molar-refractivity contribution < 1.29 is 4.52 Å². The molecule has 1 saturated carbocycles. The van der Waals surface area contributed by atoms with Gasteiger partial charge in [0.15, 0.2) is 0 Å². The van der Waals surface area contributed by atoms with Crippen LogP contribution in [0.4, 0.5) is 0 Å². The van der Waals surface area contributed by atoms with Crippen molar-refractivity contribution in [3.8, 4) is 11.5 Å². The van der Waals surface area contributed by atoms with E-state index < -0.39 is 0 Å². The van der Waals surface area contributed by atoms with Gasteiger partial charge in [-0.2, -0.15) is 4.98 Å². The zero-order valence-electron chi connectivity index (χ0n) is 11.6. The molecule has 1 aliphatic rings. The summed E-state index contributed by atoms with van der Waals surface area (Å²) in [5.41, 5.74) is 0.650. The van der Waals surface area contributed by atoms with Crippen molar-refractivity contribution in [2.45, 2.75) is 44.1 Å². The Bertz CT molecular complexity index is 542. The van der Waals surface area contributed by atoms with E-state index in [0.29, 0.717) is 29.4 Å². The first-order chi connectivity index (χ1) is 9.88. The smallest absolute Gasteiger partial charge is 0.231 e. The zero-order valence-corrected chi connectivity index (χ0v) is 11.6. The molecular weight excluding hydrogens is 254 g/mol. The number of nitrogens with zero attached hydrogens (tertiary/aromatic N) is 4. The fraction of sp³-hybridized carbons (Fsp3) is 0.571. The van der Waals surface area contributed by atoms with Crippen LogP contribution in [0.25, 0.3) is 11.5 Å². The molecule has 106 valence electrons. The average Bonchev–Trinajstić information content (AvgIpc) is 2.87. The summed E-state index contributed by atoms with van der Waals surface area (Å²) in [5.74, 6) is 1.53. The molecule has 1 N–H and O–H groups in total. The van der Waals surface area contributed by atoms with E-state index >= 15 is 0 Å². The van der Waals surface area contributed by atoms with Crippen molar-refractivity contribution in [1.82, 2.24) is 25.4 Å². The van der Waals surface area contributed by atoms with E-state index in [-0.39, 0.29) is 0 Å². The molecule has 2 atom stereocenters. The fourth-order valence-electron chi connectivity index (χ4n) is 2.85. The third-order valence-corrected chi connectivity index (χ3v) is 3.94. The van der Waals surface area contributed by atoms with Crippen molar-refractivity contribution >= 4 is 0 Å². The number of hydrogen-bond acceptors (Lipinski definition) is 6. The van der Waals surface area contributed by atoms with Gasteiger partial charge in [-0.1, -0.05) is 24.4 Å². The minimum absolute atomic E-state index is 0.292. The summed E-state index contributed by atoms with van der Waals surface area (Å²) in [4.78, 5) is 12.8. The van der Waals surface area contributed by atoms with Crippen molar-refractivity contribution in [2.24, 2.45) is 0 Å². The van der Waals surface area contributed by atoms with Crippen LogP contribution in [0.15, 0.2) is 23.1 Å². The highest BCUT2D eigenvalue weighted by Gasteiger charge is 2.28. The maximum Gasteiger partial charge on any atom is 0.231 e. The van der Waals surface area contributed by atoms with Gasteiger partial charge in [0.25, 0.3) is 0 Å². The van der Waals surface area contributed by atoms with Crippen molar-refractivity contribution in [1.29, 1.82) is 0 Å². The Balaban J connectivity index is 1.85. The molecule has 2 aromatic heterocycles. The van der Waals surface area contributed by atoms with Gasteiger partial charge in [-0.3, -0.25) is 4.98 Å². The Morgan fingerprint density at radius 3 is 2.90 bits per heavy atom. The molecule has 1 aliphatic carbocycles. The summed E-state index contributed by atoms with van der Waals surface area (Å²) < 4.78 is 5.48. The van der Waals surface area contributed by atoms with Gasteiger partial charge in [0.05, 0.1) is 12.1 Å². The summed E-state index contributed by atoms with van der Waals surface area (Å²) in [7, 11) is 2.00. The maximum absolute atomic E-state index is 5.48. The molecule has 0 bridgehead atoms. The standard InChI is InChI=1S/C14H19N5O/c1-15-11-6-4-2-3-5-10(11)14-18-13(19-20-14)12-9-16-7-8-17-12/h7-11,15H,2-6H2,1H3. The number of nitrogens with one attached hydrogen (secondary N) is 1. The number of hydrogen-bond donors (Lipinski definition) is 1. The molecular formula is C14H19N5O. The lowest BCUT2D eigenvalue weighted by Crippen LogP contribution is -2.31. The van der Waals surface area contributed by atoms with E-state index in [1.165, 1.54) is 19.3 Å². The second kappa shape index (κ2) is 6.09. The second-order valence-corrected chi connectivity index (χ2v) is 5.19. The molecule has 1 fully saturated rings. The molecule has 2 aromatic rings.